The van der Waals surface area contributed by atoms with Gasteiger partial charge in [-0.1, -0.05) is 25.1 Å². The molecule has 6 heteroatoms. The van der Waals surface area contributed by atoms with Gasteiger partial charge in [0, 0.05) is 18.7 Å². The molecule has 0 aliphatic carbocycles. The topological polar surface area (TPSA) is 87.9 Å². The molecular weight excluding hydrogens is 278 g/mol. The van der Waals surface area contributed by atoms with Crippen molar-refractivity contribution in [2.75, 3.05) is 13.1 Å². The summed E-state index contributed by atoms with van der Waals surface area (Å²) in [5, 5.41) is 10.4. The van der Waals surface area contributed by atoms with E-state index in [1.54, 1.807) is 0 Å². The standard InChI is InChI=1S/C16H21N5O/c1-11-4-3-7-21(9-11)10-12-5-2-6-13(8-12)14-15(16(17)22)19-20-18-14/h2,5-6,8,11H,3-4,7,9-10H2,1H3,(H2,17,22)(H,18,19,20). The van der Waals surface area contributed by atoms with Gasteiger partial charge in [0.15, 0.2) is 5.69 Å². The fourth-order valence-corrected chi connectivity index (χ4v) is 3.11. The van der Waals surface area contributed by atoms with E-state index in [0.717, 1.165) is 31.1 Å². The lowest BCUT2D eigenvalue weighted by Crippen LogP contribution is -2.33. The zero-order valence-corrected chi connectivity index (χ0v) is 12.7. The average Bonchev–Trinajstić information content (AvgIpc) is 2.97. The number of nitrogens with two attached hydrogens (primary N) is 1. The molecule has 1 fully saturated rings. The van der Waals surface area contributed by atoms with Crippen LogP contribution in [0.4, 0.5) is 0 Å². The van der Waals surface area contributed by atoms with E-state index in [-0.39, 0.29) is 5.69 Å². The summed E-state index contributed by atoms with van der Waals surface area (Å²) < 4.78 is 0. The maximum atomic E-state index is 11.4. The van der Waals surface area contributed by atoms with Crippen LogP contribution in [0.3, 0.4) is 0 Å². The third-order valence-corrected chi connectivity index (χ3v) is 4.13. The van der Waals surface area contributed by atoms with Crippen molar-refractivity contribution in [2.24, 2.45) is 11.7 Å². The number of likely N-dealkylation sites (tertiary alicyclic amines) is 1. The first-order valence-corrected chi connectivity index (χ1v) is 7.65. The van der Waals surface area contributed by atoms with E-state index in [1.807, 2.05) is 12.1 Å². The predicted molar refractivity (Wildman–Crippen MR) is 84.0 cm³/mol. The summed E-state index contributed by atoms with van der Waals surface area (Å²) in [5.74, 6) is 0.188. The number of aromatic nitrogens is 3. The molecule has 6 nitrogen and oxygen atoms in total. The van der Waals surface area contributed by atoms with E-state index in [4.69, 9.17) is 5.73 Å². The van der Waals surface area contributed by atoms with Gasteiger partial charge in [-0.3, -0.25) is 9.69 Å². The highest BCUT2D eigenvalue weighted by atomic mass is 16.1. The predicted octanol–water partition coefficient (Wildman–Crippen LogP) is 1.80. The Balaban J connectivity index is 1.80. The molecule has 22 heavy (non-hydrogen) atoms. The highest BCUT2D eigenvalue weighted by Crippen LogP contribution is 2.23. The van der Waals surface area contributed by atoms with Crippen LogP contribution in [-0.2, 0) is 6.54 Å². The van der Waals surface area contributed by atoms with Crippen molar-refractivity contribution in [1.29, 1.82) is 0 Å². The second kappa shape index (κ2) is 6.27. The molecule has 2 aromatic rings. The van der Waals surface area contributed by atoms with E-state index in [0.29, 0.717) is 5.69 Å². The van der Waals surface area contributed by atoms with Crippen LogP contribution < -0.4 is 5.73 Å². The molecule has 1 saturated heterocycles. The van der Waals surface area contributed by atoms with Gasteiger partial charge < -0.3 is 5.73 Å². The minimum Gasteiger partial charge on any atom is -0.364 e. The average molecular weight is 299 g/mol. The zero-order valence-electron chi connectivity index (χ0n) is 12.7. The lowest BCUT2D eigenvalue weighted by molar-refractivity contribution is 0.0996. The molecule has 0 bridgehead atoms. The number of piperidine rings is 1. The summed E-state index contributed by atoms with van der Waals surface area (Å²) in [6.07, 6.45) is 2.58. The van der Waals surface area contributed by atoms with Crippen molar-refractivity contribution in [1.82, 2.24) is 20.3 Å². The Hall–Kier alpha value is -2.21. The summed E-state index contributed by atoms with van der Waals surface area (Å²) in [4.78, 5) is 13.9. The summed E-state index contributed by atoms with van der Waals surface area (Å²) in [5.41, 5.74) is 8.11. The van der Waals surface area contributed by atoms with Gasteiger partial charge in [0.05, 0.1) is 0 Å². The van der Waals surface area contributed by atoms with E-state index in [1.165, 1.54) is 18.4 Å². The van der Waals surface area contributed by atoms with Gasteiger partial charge in [-0.25, -0.2) is 0 Å². The molecule has 2 heterocycles. The van der Waals surface area contributed by atoms with Crippen LogP contribution in [0.1, 0.15) is 35.8 Å². The number of carbonyl (C=O) groups is 1. The molecule has 1 amide bonds. The summed E-state index contributed by atoms with van der Waals surface area (Å²) in [6.45, 7) is 5.50. The summed E-state index contributed by atoms with van der Waals surface area (Å²) in [7, 11) is 0. The molecule has 1 aliphatic rings. The van der Waals surface area contributed by atoms with Crippen LogP contribution in [0.5, 0.6) is 0 Å². The van der Waals surface area contributed by atoms with Crippen molar-refractivity contribution < 1.29 is 4.79 Å². The van der Waals surface area contributed by atoms with Gasteiger partial charge >= 0.3 is 0 Å². The maximum Gasteiger partial charge on any atom is 0.271 e. The smallest absolute Gasteiger partial charge is 0.271 e. The third-order valence-electron chi connectivity index (χ3n) is 4.13. The molecule has 1 atom stereocenters. The van der Waals surface area contributed by atoms with Crippen molar-refractivity contribution in [3.8, 4) is 11.3 Å². The number of carbonyl (C=O) groups excluding carboxylic acids is 1. The Kier molecular flexibility index (Phi) is 4.20. The number of amides is 1. The second-order valence-electron chi connectivity index (χ2n) is 6.07. The molecule has 0 saturated carbocycles. The number of benzene rings is 1. The van der Waals surface area contributed by atoms with E-state index >= 15 is 0 Å². The van der Waals surface area contributed by atoms with Gasteiger partial charge in [0.1, 0.15) is 5.69 Å². The molecular formula is C16H21N5O. The first-order chi connectivity index (χ1) is 10.6. The molecule has 3 rings (SSSR count). The summed E-state index contributed by atoms with van der Waals surface area (Å²) >= 11 is 0. The second-order valence-corrected chi connectivity index (χ2v) is 6.07. The first-order valence-electron chi connectivity index (χ1n) is 7.65. The maximum absolute atomic E-state index is 11.4. The Bertz CT molecular complexity index is 666. The minimum absolute atomic E-state index is 0.184. The van der Waals surface area contributed by atoms with Gasteiger partial charge in [0.25, 0.3) is 5.91 Å². The van der Waals surface area contributed by atoms with Gasteiger partial charge in [0.2, 0.25) is 0 Å². The number of rotatable bonds is 4. The van der Waals surface area contributed by atoms with Crippen LogP contribution >= 0.6 is 0 Å². The first kappa shape index (κ1) is 14.7. The highest BCUT2D eigenvalue weighted by molar-refractivity contribution is 5.96. The molecule has 0 spiro atoms. The molecule has 1 aliphatic heterocycles. The molecule has 1 aromatic carbocycles. The molecule has 1 aromatic heterocycles. The third kappa shape index (κ3) is 3.17. The van der Waals surface area contributed by atoms with Crippen LogP contribution in [-0.4, -0.2) is 39.3 Å². The number of aromatic amines is 1. The largest absolute Gasteiger partial charge is 0.364 e. The summed E-state index contributed by atoms with van der Waals surface area (Å²) in [6, 6.07) is 8.07. The van der Waals surface area contributed by atoms with Gasteiger partial charge in [-0.15, -0.1) is 0 Å². The fraction of sp³-hybridized carbons (Fsp3) is 0.438. The number of nitrogens with zero attached hydrogens (tertiary/aromatic N) is 3. The van der Waals surface area contributed by atoms with Crippen LogP contribution in [0.2, 0.25) is 0 Å². The minimum atomic E-state index is -0.570. The quantitative estimate of drug-likeness (QED) is 0.901. The Morgan fingerprint density at radius 3 is 3.09 bits per heavy atom. The van der Waals surface area contributed by atoms with Crippen LogP contribution in [0.25, 0.3) is 11.3 Å². The number of hydrogen-bond acceptors (Lipinski definition) is 4. The number of primary amides is 1. The number of hydrogen-bond donors (Lipinski definition) is 2. The number of nitrogens with one attached hydrogen (secondary N) is 1. The SMILES string of the molecule is CC1CCCN(Cc2cccc(-c3n[nH]nc3C(N)=O)c2)C1. The van der Waals surface area contributed by atoms with E-state index in [2.05, 4.69) is 39.4 Å². The zero-order chi connectivity index (χ0) is 15.5. The number of H-pyrrole nitrogens is 1. The molecule has 0 radical (unpaired) electrons. The van der Waals surface area contributed by atoms with Crippen molar-refractivity contribution in [3.05, 3.63) is 35.5 Å². The fourth-order valence-electron chi connectivity index (χ4n) is 3.11. The lowest BCUT2D eigenvalue weighted by atomic mass is 9.99. The van der Waals surface area contributed by atoms with Crippen molar-refractivity contribution in [3.63, 3.8) is 0 Å². The highest BCUT2D eigenvalue weighted by Gasteiger charge is 2.18. The van der Waals surface area contributed by atoms with Crippen molar-refractivity contribution in [2.45, 2.75) is 26.3 Å². The van der Waals surface area contributed by atoms with Crippen LogP contribution in [0, 0.1) is 5.92 Å². The van der Waals surface area contributed by atoms with E-state index in [9.17, 15) is 4.79 Å². The Morgan fingerprint density at radius 1 is 1.45 bits per heavy atom. The van der Waals surface area contributed by atoms with Gasteiger partial charge in [-0.05, 0) is 36.9 Å². The lowest BCUT2D eigenvalue weighted by Gasteiger charge is -2.30. The molecule has 116 valence electrons. The molecule has 1 unspecified atom stereocenters. The monoisotopic (exact) mass is 299 g/mol. The van der Waals surface area contributed by atoms with Crippen molar-refractivity contribution >= 4 is 5.91 Å². The normalized spacial score (nSPS) is 19.2. The van der Waals surface area contributed by atoms with Crippen LogP contribution in [0.15, 0.2) is 24.3 Å². The van der Waals surface area contributed by atoms with Gasteiger partial charge in [-0.2, -0.15) is 15.4 Å². The van der Waals surface area contributed by atoms with E-state index < -0.39 is 5.91 Å². The Labute approximate surface area is 129 Å². The Morgan fingerprint density at radius 2 is 2.32 bits per heavy atom. The molecule has 3 N–H and O–H groups in total.